The molecular weight excluding hydrogens is 378 g/mol. The van der Waals surface area contributed by atoms with Crippen molar-refractivity contribution in [3.63, 3.8) is 0 Å². The van der Waals surface area contributed by atoms with Crippen LogP contribution in [-0.4, -0.2) is 38.3 Å². The maximum atomic E-state index is 12.4. The van der Waals surface area contributed by atoms with Gasteiger partial charge in [-0.05, 0) is 39.3 Å². The first-order valence-corrected chi connectivity index (χ1v) is 9.40. The molecule has 3 aromatic rings. The number of nitrogens with zero attached hydrogens (tertiary/aromatic N) is 3. The topological polar surface area (TPSA) is 69.3 Å². The summed E-state index contributed by atoms with van der Waals surface area (Å²) < 4.78 is 8.24. The third kappa shape index (κ3) is 4.13. The van der Waals surface area contributed by atoms with Crippen LogP contribution in [-0.2, 0) is 11.3 Å². The lowest BCUT2D eigenvalue weighted by atomic mass is 10.1. The second kappa shape index (κ2) is 7.81. The number of hydrogen-bond acceptors (Lipinski definition) is 4. The van der Waals surface area contributed by atoms with Crippen molar-refractivity contribution in [3.8, 4) is 22.4 Å². The van der Waals surface area contributed by atoms with E-state index in [2.05, 4.69) is 5.10 Å². The molecule has 0 atom stereocenters. The molecule has 0 saturated heterocycles. The van der Waals surface area contributed by atoms with Crippen molar-refractivity contribution in [1.82, 2.24) is 14.3 Å². The molecule has 0 radical (unpaired) electrons. The summed E-state index contributed by atoms with van der Waals surface area (Å²) in [5.74, 6) is 0. The second-order valence-electron chi connectivity index (χ2n) is 7.36. The minimum absolute atomic E-state index is 0.489. The van der Waals surface area contributed by atoms with E-state index in [4.69, 9.17) is 16.3 Å². The van der Waals surface area contributed by atoms with E-state index in [0.717, 1.165) is 22.4 Å². The Labute approximate surface area is 169 Å². The number of aromatic nitrogens is 3. The first-order valence-electron chi connectivity index (χ1n) is 9.02. The number of aliphatic hydroxyl groups is 1. The highest BCUT2D eigenvalue weighted by Gasteiger charge is 2.21. The molecule has 0 aliphatic heterocycles. The number of halogens is 1. The van der Waals surface area contributed by atoms with Crippen LogP contribution in [0.2, 0.25) is 5.02 Å². The largest absolute Gasteiger partial charge is 0.452 e. The lowest BCUT2D eigenvalue weighted by Crippen LogP contribution is -2.21. The predicted octanol–water partition coefficient (Wildman–Crippen LogP) is 4.76. The van der Waals surface area contributed by atoms with Gasteiger partial charge in [0.25, 0.3) is 0 Å². The van der Waals surface area contributed by atoms with Crippen LogP contribution in [0.3, 0.4) is 0 Å². The first kappa shape index (κ1) is 20.2. The van der Waals surface area contributed by atoms with E-state index in [1.54, 1.807) is 26.2 Å². The molecule has 2 heterocycles. The smallest absolute Gasteiger partial charge is 0.418 e. The number of aryl methyl sites for hydroxylation is 1. The molecule has 0 spiro atoms. The Balaban J connectivity index is 2.05. The van der Waals surface area contributed by atoms with Crippen LogP contribution < -0.4 is 0 Å². The van der Waals surface area contributed by atoms with Crippen LogP contribution in [0.4, 0.5) is 4.79 Å². The van der Waals surface area contributed by atoms with Gasteiger partial charge in [-0.1, -0.05) is 29.8 Å². The van der Waals surface area contributed by atoms with Crippen LogP contribution in [0.25, 0.3) is 22.4 Å². The summed E-state index contributed by atoms with van der Waals surface area (Å²) in [6, 6.07) is 9.38. The maximum absolute atomic E-state index is 12.4. The zero-order valence-electron chi connectivity index (χ0n) is 16.4. The van der Waals surface area contributed by atoms with Crippen LogP contribution in [0.5, 0.6) is 0 Å². The van der Waals surface area contributed by atoms with E-state index in [1.165, 1.54) is 11.7 Å². The minimum atomic E-state index is -0.776. The maximum Gasteiger partial charge on any atom is 0.418 e. The molecule has 2 aromatic heterocycles. The van der Waals surface area contributed by atoms with Gasteiger partial charge in [-0.3, -0.25) is 9.25 Å². The van der Waals surface area contributed by atoms with Gasteiger partial charge in [0.05, 0.1) is 24.6 Å². The molecule has 3 rings (SSSR count). The van der Waals surface area contributed by atoms with Gasteiger partial charge in [0.15, 0.2) is 0 Å². The zero-order chi connectivity index (χ0) is 20.5. The van der Waals surface area contributed by atoms with Gasteiger partial charge in [0.1, 0.15) is 0 Å². The number of carbonyl (C=O) groups excluding carboxylic acids is 1. The van der Waals surface area contributed by atoms with Gasteiger partial charge in [0.2, 0.25) is 0 Å². The molecule has 6 nitrogen and oxygen atoms in total. The second-order valence-corrected chi connectivity index (χ2v) is 7.77. The molecule has 0 unspecified atom stereocenters. The Hall–Kier alpha value is -2.57. The zero-order valence-corrected chi connectivity index (χ0v) is 17.2. The summed E-state index contributed by atoms with van der Waals surface area (Å²) in [6.45, 7) is 6.05. The standard InChI is InChI=1S/C21H24ClN3O3/c1-14-17(12-23-25(14)10-9-21(2,3)27)19-11-15(13-24(19)20(26)28-4)16-7-5-6-8-18(16)22/h5-8,11-13,27H,9-10H2,1-4H3. The lowest BCUT2D eigenvalue weighted by Gasteiger charge is -2.17. The van der Waals surface area contributed by atoms with Gasteiger partial charge in [-0.2, -0.15) is 5.10 Å². The van der Waals surface area contributed by atoms with Crippen molar-refractivity contribution >= 4 is 17.7 Å². The summed E-state index contributed by atoms with van der Waals surface area (Å²) in [7, 11) is 1.35. The van der Waals surface area contributed by atoms with Gasteiger partial charge in [-0.15, -0.1) is 0 Å². The van der Waals surface area contributed by atoms with E-state index in [1.807, 2.05) is 41.9 Å². The summed E-state index contributed by atoms with van der Waals surface area (Å²) in [6.07, 6.45) is 3.52. The fourth-order valence-electron chi connectivity index (χ4n) is 3.07. The van der Waals surface area contributed by atoms with Crippen molar-refractivity contribution in [3.05, 3.63) is 53.4 Å². The summed E-state index contributed by atoms with van der Waals surface area (Å²) >= 11 is 6.33. The number of ether oxygens (including phenoxy) is 1. The molecule has 0 amide bonds. The number of benzene rings is 1. The average Bonchev–Trinajstić information content (AvgIpc) is 3.22. The third-order valence-corrected chi connectivity index (χ3v) is 5.02. The highest BCUT2D eigenvalue weighted by Crippen LogP contribution is 2.34. The van der Waals surface area contributed by atoms with Crippen molar-refractivity contribution in [2.75, 3.05) is 7.11 Å². The van der Waals surface area contributed by atoms with Gasteiger partial charge < -0.3 is 9.84 Å². The molecule has 1 N–H and O–H groups in total. The molecule has 148 valence electrons. The van der Waals surface area contributed by atoms with Gasteiger partial charge in [-0.25, -0.2) is 4.79 Å². The van der Waals surface area contributed by atoms with Crippen molar-refractivity contribution in [2.24, 2.45) is 0 Å². The van der Waals surface area contributed by atoms with Crippen LogP contribution in [0.1, 0.15) is 26.0 Å². The normalized spacial score (nSPS) is 11.6. The Morgan fingerprint density at radius 2 is 2.00 bits per heavy atom. The number of rotatable bonds is 5. The van der Waals surface area contributed by atoms with E-state index < -0.39 is 11.7 Å². The Morgan fingerprint density at radius 3 is 2.64 bits per heavy atom. The minimum Gasteiger partial charge on any atom is -0.452 e. The molecule has 0 fully saturated rings. The Bertz CT molecular complexity index is 999. The fourth-order valence-corrected chi connectivity index (χ4v) is 3.31. The molecule has 0 saturated carbocycles. The quantitative estimate of drug-likeness (QED) is 0.669. The van der Waals surface area contributed by atoms with Crippen molar-refractivity contribution in [1.29, 1.82) is 0 Å². The molecule has 28 heavy (non-hydrogen) atoms. The number of hydrogen-bond donors (Lipinski definition) is 1. The first-order chi connectivity index (χ1) is 13.2. The average molecular weight is 402 g/mol. The van der Waals surface area contributed by atoms with E-state index >= 15 is 0 Å². The van der Waals surface area contributed by atoms with Gasteiger partial charge >= 0.3 is 6.09 Å². The van der Waals surface area contributed by atoms with E-state index in [0.29, 0.717) is 23.7 Å². The van der Waals surface area contributed by atoms with E-state index in [9.17, 15) is 9.90 Å². The van der Waals surface area contributed by atoms with Crippen molar-refractivity contribution < 1.29 is 14.6 Å². The Kier molecular flexibility index (Phi) is 5.63. The summed E-state index contributed by atoms with van der Waals surface area (Å²) in [5.41, 5.74) is 3.27. The van der Waals surface area contributed by atoms with Crippen LogP contribution in [0.15, 0.2) is 42.7 Å². The van der Waals surface area contributed by atoms with Gasteiger partial charge in [0, 0.05) is 40.1 Å². The monoisotopic (exact) mass is 401 g/mol. The summed E-state index contributed by atoms with van der Waals surface area (Å²) in [5, 5.41) is 15.0. The predicted molar refractivity (Wildman–Crippen MR) is 110 cm³/mol. The number of carbonyl (C=O) groups is 1. The number of methoxy groups -OCH3 is 1. The van der Waals surface area contributed by atoms with Crippen LogP contribution in [0, 0.1) is 6.92 Å². The molecule has 0 bridgehead atoms. The molecule has 7 heteroatoms. The molecule has 0 aliphatic carbocycles. The lowest BCUT2D eigenvalue weighted by molar-refractivity contribution is 0.0649. The fraction of sp³-hybridized carbons (Fsp3) is 0.333. The molecule has 1 aromatic carbocycles. The van der Waals surface area contributed by atoms with Crippen molar-refractivity contribution in [2.45, 2.75) is 39.3 Å². The molecular formula is C21H24ClN3O3. The third-order valence-electron chi connectivity index (χ3n) is 4.69. The van der Waals surface area contributed by atoms with E-state index in [-0.39, 0.29) is 0 Å². The molecule has 0 aliphatic rings. The SMILES string of the molecule is COC(=O)n1cc(-c2ccccc2Cl)cc1-c1cnn(CCC(C)(C)O)c1C. The Morgan fingerprint density at radius 1 is 1.29 bits per heavy atom. The summed E-state index contributed by atoms with van der Waals surface area (Å²) in [4.78, 5) is 12.4. The van der Waals surface area contributed by atoms with Crippen LogP contribution >= 0.6 is 11.6 Å². The highest BCUT2D eigenvalue weighted by atomic mass is 35.5. The highest BCUT2D eigenvalue weighted by molar-refractivity contribution is 6.33.